The normalized spacial score (nSPS) is 15.5. The molecule has 24 heavy (non-hydrogen) atoms. The van der Waals surface area contributed by atoms with Gasteiger partial charge in [0.1, 0.15) is 18.2 Å². The molecular formula is C18H17FN2O3. The molecule has 2 amide bonds. The van der Waals surface area contributed by atoms with Crippen LogP contribution in [0.2, 0.25) is 0 Å². The minimum atomic E-state index is -0.649. The number of nitrogens with one attached hydrogen (secondary N) is 2. The van der Waals surface area contributed by atoms with Crippen molar-refractivity contribution in [2.45, 2.75) is 13.8 Å². The van der Waals surface area contributed by atoms with E-state index in [2.05, 4.69) is 10.6 Å². The van der Waals surface area contributed by atoms with E-state index in [0.29, 0.717) is 17.1 Å². The van der Waals surface area contributed by atoms with E-state index in [0.717, 1.165) is 6.07 Å². The predicted octanol–water partition coefficient (Wildman–Crippen LogP) is 3.44. The Morgan fingerprint density at radius 3 is 2.79 bits per heavy atom. The van der Waals surface area contributed by atoms with Gasteiger partial charge in [0.15, 0.2) is 0 Å². The van der Waals surface area contributed by atoms with E-state index in [1.165, 1.54) is 18.2 Å². The Morgan fingerprint density at radius 2 is 2.04 bits per heavy atom. The summed E-state index contributed by atoms with van der Waals surface area (Å²) in [6.45, 7) is 3.85. The van der Waals surface area contributed by atoms with E-state index in [1.807, 2.05) is 0 Å². The highest BCUT2D eigenvalue weighted by molar-refractivity contribution is 6.05. The number of anilines is 2. The lowest BCUT2D eigenvalue weighted by Gasteiger charge is -2.18. The average Bonchev–Trinajstić information content (AvgIpc) is 2.64. The number of rotatable bonds is 2. The summed E-state index contributed by atoms with van der Waals surface area (Å²) in [5.74, 6) is -0.532. The number of halogens is 1. The Kier molecular flexibility index (Phi) is 3.97. The molecule has 0 aromatic heterocycles. The second-order valence-corrected chi connectivity index (χ2v) is 6.30. The number of carbonyl (C=O) groups excluding carboxylic acids is 2. The molecule has 0 radical (unpaired) electrons. The van der Waals surface area contributed by atoms with Crippen molar-refractivity contribution in [1.29, 1.82) is 0 Å². The second kappa shape index (κ2) is 5.96. The number of hydrogen-bond acceptors (Lipinski definition) is 3. The fourth-order valence-electron chi connectivity index (χ4n) is 2.28. The third-order valence-corrected chi connectivity index (χ3v) is 3.78. The number of benzene rings is 2. The lowest BCUT2D eigenvalue weighted by Crippen LogP contribution is -2.33. The number of fused-ring (bicyclic) bond motifs is 1. The first-order valence-corrected chi connectivity index (χ1v) is 7.50. The summed E-state index contributed by atoms with van der Waals surface area (Å²) in [5.41, 5.74) is 0.532. The highest BCUT2D eigenvalue weighted by Crippen LogP contribution is 2.34. The Hall–Kier alpha value is -2.89. The van der Waals surface area contributed by atoms with Gasteiger partial charge >= 0.3 is 0 Å². The molecule has 0 bridgehead atoms. The van der Waals surface area contributed by atoms with Crippen LogP contribution in [0, 0.1) is 11.2 Å². The fourth-order valence-corrected chi connectivity index (χ4v) is 2.28. The number of amides is 2. The van der Waals surface area contributed by atoms with Crippen molar-refractivity contribution in [1.82, 2.24) is 0 Å². The summed E-state index contributed by atoms with van der Waals surface area (Å²) in [6, 6.07) is 10.4. The summed E-state index contributed by atoms with van der Waals surface area (Å²) in [4.78, 5) is 24.3. The molecule has 6 heteroatoms. The van der Waals surface area contributed by atoms with Crippen molar-refractivity contribution in [3.05, 3.63) is 53.8 Å². The van der Waals surface area contributed by atoms with Gasteiger partial charge in [-0.25, -0.2) is 4.39 Å². The molecule has 0 atom stereocenters. The molecule has 5 nitrogen and oxygen atoms in total. The Balaban J connectivity index is 1.82. The second-order valence-electron chi connectivity index (χ2n) is 6.30. The molecule has 124 valence electrons. The number of carbonyl (C=O) groups is 2. The SMILES string of the molecule is CC1(C)COc2ccc(NC(=O)c3cccc(F)c3)cc2NC1=O. The van der Waals surface area contributed by atoms with Gasteiger partial charge in [0.05, 0.1) is 11.1 Å². The number of hydrogen-bond donors (Lipinski definition) is 2. The van der Waals surface area contributed by atoms with Crippen LogP contribution in [0.3, 0.4) is 0 Å². The monoisotopic (exact) mass is 328 g/mol. The first-order valence-electron chi connectivity index (χ1n) is 7.50. The first-order chi connectivity index (χ1) is 11.3. The van der Waals surface area contributed by atoms with Crippen LogP contribution >= 0.6 is 0 Å². The zero-order valence-electron chi connectivity index (χ0n) is 13.4. The molecule has 0 saturated heterocycles. The zero-order valence-corrected chi connectivity index (χ0v) is 13.4. The predicted molar refractivity (Wildman–Crippen MR) is 88.7 cm³/mol. The first kappa shape index (κ1) is 16.0. The Labute approximate surface area is 138 Å². The maximum atomic E-state index is 13.2. The molecule has 3 rings (SSSR count). The maximum absolute atomic E-state index is 13.2. The molecule has 0 unspecified atom stereocenters. The lowest BCUT2D eigenvalue weighted by molar-refractivity contribution is -0.124. The summed E-state index contributed by atoms with van der Waals surface area (Å²) in [5, 5.41) is 5.48. The topological polar surface area (TPSA) is 67.4 Å². The largest absolute Gasteiger partial charge is 0.490 e. The summed E-state index contributed by atoms with van der Waals surface area (Å²) < 4.78 is 18.9. The van der Waals surface area contributed by atoms with Crippen LogP contribution in [-0.2, 0) is 4.79 Å². The maximum Gasteiger partial charge on any atom is 0.255 e. The van der Waals surface area contributed by atoms with E-state index in [4.69, 9.17) is 4.74 Å². The molecule has 2 aromatic carbocycles. The minimum Gasteiger partial charge on any atom is -0.490 e. The highest BCUT2D eigenvalue weighted by atomic mass is 19.1. The van der Waals surface area contributed by atoms with Crippen molar-refractivity contribution < 1.29 is 18.7 Å². The minimum absolute atomic E-state index is 0.158. The third-order valence-electron chi connectivity index (χ3n) is 3.78. The van der Waals surface area contributed by atoms with Crippen LogP contribution in [0.25, 0.3) is 0 Å². The average molecular weight is 328 g/mol. The summed E-state index contributed by atoms with van der Waals surface area (Å²) in [7, 11) is 0. The lowest BCUT2D eigenvalue weighted by atomic mass is 9.94. The molecule has 2 N–H and O–H groups in total. The molecule has 1 heterocycles. The van der Waals surface area contributed by atoms with Gasteiger partial charge in [-0.1, -0.05) is 6.07 Å². The molecular weight excluding hydrogens is 311 g/mol. The van der Waals surface area contributed by atoms with E-state index in [9.17, 15) is 14.0 Å². The Morgan fingerprint density at radius 1 is 1.25 bits per heavy atom. The van der Waals surface area contributed by atoms with Gasteiger partial charge in [-0.3, -0.25) is 9.59 Å². The molecule has 0 saturated carbocycles. The fraction of sp³-hybridized carbons (Fsp3) is 0.222. The molecule has 1 aliphatic rings. The Bertz CT molecular complexity index is 818. The number of ether oxygens (including phenoxy) is 1. The molecule has 1 aliphatic heterocycles. The summed E-state index contributed by atoms with van der Waals surface area (Å²) in [6.07, 6.45) is 0. The quantitative estimate of drug-likeness (QED) is 0.887. The van der Waals surface area contributed by atoms with Crippen LogP contribution < -0.4 is 15.4 Å². The van der Waals surface area contributed by atoms with Crippen LogP contribution in [0.5, 0.6) is 5.75 Å². The van der Waals surface area contributed by atoms with Crippen LogP contribution in [-0.4, -0.2) is 18.4 Å². The van der Waals surface area contributed by atoms with Gasteiger partial charge in [-0.2, -0.15) is 0 Å². The van der Waals surface area contributed by atoms with Gasteiger partial charge < -0.3 is 15.4 Å². The van der Waals surface area contributed by atoms with Gasteiger partial charge in [0.2, 0.25) is 5.91 Å². The smallest absolute Gasteiger partial charge is 0.255 e. The van der Waals surface area contributed by atoms with Crippen molar-refractivity contribution in [2.75, 3.05) is 17.2 Å². The van der Waals surface area contributed by atoms with Crippen LogP contribution in [0.1, 0.15) is 24.2 Å². The van der Waals surface area contributed by atoms with E-state index >= 15 is 0 Å². The molecule has 2 aromatic rings. The van der Waals surface area contributed by atoms with E-state index in [-0.39, 0.29) is 18.1 Å². The van der Waals surface area contributed by atoms with Gasteiger partial charge in [0, 0.05) is 11.3 Å². The highest BCUT2D eigenvalue weighted by Gasteiger charge is 2.32. The van der Waals surface area contributed by atoms with Crippen LogP contribution in [0.4, 0.5) is 15.8 Å². The van der Waals surface area contributed by atoms with E-state index in [1.54, 1.807) is 32.0 Å². The standard InChI is InChI=1S/C18H17FN2O3/c1-18(2)10-24-15-7-6-13(9-14(15)21-17(18)23)20-16(22)11-4-3-5-12(19)8-11/h3-9H,10H2,1-2H3,(H,20,22)(H,21,23). The third kappa shape index (κ3) is 3.22. The van der Waals surface area contributed by atoms with E-state index < -0.39 is 17.1 Å². The molecule has 0 spiro atoms. The molecule has 0 fully saturated rings. The van der Waals surface area contributed by atoms with Crippen molar-refractivity contribution in [3.8, 4) is 5.75 Å². The zero-order chi connectivity index (χ0) is 17.3. The van der Waals surface area contributed by atoms with Gasteiger partial charge in [-0.15, -0.1) is 0 Å². The summed E-state index contributed by atoms with van der Waals surface area (Å²) >= 11 is 0. The van der Waals surface area contributed by atoms with Crippen molar-refractivity contribution in [2.24, 2.45) is 5.41 Å². The molecule has 0 aliphatic carbocycles. The van der Waals surface area contributed by atoms with Gasteiger partial charge in [-0.05, 0) is 50.2 Å². The van der Waals surface area contributed by atoms with Gasteiger partial charge in [0.25, 0.3) is 5.91 Å². The van der Waals surface area contributed by atoms with Crippen LogP contribution in [0.15, 0.2) is 42.5 Å². The van der Waals surface area contributed by atoms with Crippen molar-refractivity contribution in [3.63, 3.8) is 0 Å². The van der Waals surface area contributed by atoms with Crippen molar-refractivity contribution >= 4 is 23.2 Å².